The third-order valence-corrected chi connectivity index (χ3v) is 6.94. The second-order valence-electron chi connectivity index (χ2n) is 8.93. The second-order valence-corrected chi connectivity index (χ2v) is 8.93. The molecular weight excluding hydrogens is 443 g/mol. The highest BCUT2D eigenvalue weighted by Gasteiger charge is 2.35. The molecule has 0 amide bonds. The van der Waals surface area contributed by atoms with Gasteiger partial charge in [-0.3, -0.25) is 13.9 Å². The molecule has 1 N–H and O–H groups in total. The van der Waals surface area contributed by atoms with Crippen molar-refractivity contribution in [3.8, 4) is 16.9 Å². The van der Waals surface area contributed by atoms with Gasteiger partial charge in [0.15, 0.2) is 0 Å². The fraction of sp³-hybridized carbons (Fsp3) is 0.143. The summed E-state index contributed by atoms with van der Waals surface area (Å²) in [4.78, 5) is 26.8. The lowest BCUT2D eigenvalue weighted by atomic mass is 9.99. The number of nitrogens with zero attached hydrogens (tertiary/aromatic N) is 3. The minimum atomic E-state index is -0.621. The molecule has 3 aromatic carbocycles. The third kappa shape index (κ3) is 2.87. The second kappa shape index (κ2) is 7.56. The number of hydrogen-bond acceptors (Lipinski definition) is 3. The summed E-state index contributed by atoms with van der Waals surface area (Å²) >= 11 is 0. The number of aryl methyl sites for hydroxylation is 2. The first kappa shape index (κ1) is 21.2. The largest absolute Gasteiger partial charge is 0.371 e. The number of rotatable bonds is 2. The summed E-state index contributed by atoms with van der Waals surface area (Å²) in [6.07, 6.45) is 0. The number of aromatic nitrogens is 3. The highest BCUT2D eigenvalue weighted by Crippen LogP contribution is 2.46. The van der Waals surface area contributed by atoms with Crippen molar-refractivity contribution >= 4 is 16.6 Å². The van der Waals surface area contributed by atoms with Gasteiger partial charge in [0.05, 0.1) is 39.7 Å². The molecule has 6 rings (SSSR count). The molecule has 6 nitrogen and oxygen atoms in total. The Morgan fingerprint density at radius 2 is 1.54 bits per heavy atom. The molecule has 1 aliphatic rings. The minimum absolute atomic E-state index is 0.364. The Bertz CT molecular complexity index is 1780. The van der Waals surface area contributed by atoms with Gasteiger partial charge in [0.2, 0.25) is 0 Å². The van der Waals surface area contributed by atoms with Crippen LogP contribution in [0.25, 0.3) is 27.8 Å². The van der Waals surface area contributed by atoms with Crippen molar-refractivity contribution in [3.05, 3.63) is 116 Å². The Morgan fingerprint density at radius 3 is 2.31 bits per heavy atom. The number of fused-ring (bicyclic) bond motifs is 5. The molecule has 0 saturated heterocycles. The van der Waals surface area contributed by atoms with Crippen molar-refractivity contribution in [1.29, 1.82) is 0 Å². The van der Waals surface area contributed by atoms with Crippen molar-refractivity contribution < 1.29 is 4.39 Å². The van der Waals surface area contributed by atoms with E-state index in [0.717, 1.165) is 27.1 Å². The fourth-order valence-corrected chi connectivity index (χ4v) is 5.25. The van der Waals surface area contributed by atoms with Crippen LogP contribution in [0.3, 0.4) is 0 Å². The molecule has 0 unspecified atom stereocenters. The van der Waals surface area contributed by atoms with E-state index >= 15 is 4.39 Å². The number of halogens is 1. The molecule has 5 aromatic rings. The van der Waals surface area contributed by atoms with Crippen LogP contribution in [-0.2, 0) is 14.1 Å². The van der Waals surface area contributed by atoms with Crippen LogP contribution in [0.1, 0.15) is 22.9 Å². The molecule has 174 valence electrons. The molecule has 2 aromatic heterocycles. The summed E-state index contributed by atoms with van der Waals surface area (Å²) in [5.74, 6) is -0.364. The number of para-hydroxylation sites is 2. The Hall–Kier alpha value is -4.39. The molecule has 0 fully saturated rings. The predicted octanol–water partition coefficient (Wildman–Crippen LogP) is 4.66. The van der Waals surface area contributed by atoms with Crippen LogP contribution < -0.4 is 16.6 Å². The van der Waals surface area contributed by atoms with Crippen molar-refractivity contribution in [2.75, 3.05) is 5.32 Å². The van der Waals surface area contributed by atoms with Gasteiger partial charge in [-0.05, 0) is 30.7 Å². The Kier molecular flexibility index (Phi) is 4.57. The van der Waals surface area contributed by atoms with E-state index in [4.69, 9.17) is 0 Å². The fourth-order valence-electron chi connectivity index (χ4n) is 5.25. The van der Waals surface area contributed by atoms with Crippen molar-refractivity contribution in [2.24, 2.45) is 14.1 Å². The monoisotopic (exact) mass is 466 g/mol. The molecule has 1 atom stereocenters. The van der Waals surface area contributed by atoms with Crippen LogP contribution in [0.15, 0.2) is 82.4 Å². The van der Waals surface area contributed by atoms with Gasteiger partial charge in [0.25, 0.3) is 5.56 Å². The molecule has 3 heterocycles. The number of anilines is 1. The smallest absolute Gasteiger partial charge is 0.331 e. The summed E-state index contributed by atoms with van der Waals surface area (Å²) in [6, 6.07) is 21.6. The lowest BCUT2D eigenvalue weighted by Crippen LogP contribution is -2.37. The van der Waals surface area contributed by atoms with Crippen molar-refractivity contribution in [1.82, 2.24) is 13.7 Å². The Morgan fingerprint density at radius 1 is 0.857 bits per heavy atom. The summed E-state index contributed by atoms with van der Waals surface area (Å²) in [6.45, 7) is 1.99. The van der Waals surface area contributed by atoms with E-state index in [1.165, 1.54) is 17.7 Å². The summed E-state index contributed by atoms with van der Waals surface area (Å²) in [5, 5.41) is 3.91. The molecule has 0 bridgehead atoms. The van der Waals surface area contributed by atoms with Gasteiger partial charge in [-0.1, -0.05) is 54.6 Å². The maximum Gasteiger partial charge on any atom is 0.331 e. The van der Waals surface area contributed by atoms with Crippen LogP contribution in [0.2, 0.25) is 0 Å². The number of hydrogen-bond donors (Lipinski definition) is 1. The summed E-state index contributed by atoms with van der Waals surface area (Å²) < 4.78 is 19.8. The normalized spacial score (nSPS) is 14.5. The summed E-state index contributed by atoms with van der Waals surface area (Å²) in [7, 11) is 3.15. The van der Waals surface area contributed by atoms with E-state index in [-0.39, 0.29) is 11.4 Å². The topological polar surface area (TPSA) is 61.0 Å². The van der Waals surface area contributed by atoms with Crippen molar-refractivity contribution in [3.63, 3.8) is 0 Å². The quantitative estimate of drug-likeness (QED) is 0.412. The highest BCUT2D eigenvalue weighted by molar-refractivity contribution is 5.99. The van der Waals surface area contributed by atoms with Crippen LogP contribution in [0, 0.1) is 12.7 Å². The van der Waals surface area contributed by atoms with Crippen LogP contribution in [0.4, 0.5) is 10.1 Å². The molecule has 0 aliphatic carbocycles. The summed E-state index contributed by atoms with van der Waals surface area (Å²) in [5.41, 5.74) is 4.97. The zero-order valence-electron chi connectivity index (χ0n) is 19.5. The van der Waals surface area contributed by atoms with Crippen molar-refractivity contribution in [2.45, 2.75) is 13.0 Å². The van der Waals surface area contributed by atoms with Gasteiger partial charge in [-0.15, -0.1) is 0 Å². The molecule has 7 heteroatoms. The Balaban J connectivity index is 1.90. The van der Waals surface area contributed by atoms with Gasteiger partial charge in [-0.25, -0.2) is 9.18 Å². The van der Waals surface area contributed by atoms with Gasteiger partial charge in [0.1, 0.15) is 5.82 Å². The number of benzene rings is 3. The number of nitrogens with one attached hydrogen (secondary N) is 1. The van der Waals surface area contributed by atoms with Crippen LogP contribution in [0.5, 0.6) is 0 Å². The van der Waals surface area contributed by atoms with E-state index in [1.54, 1.807) is 25.2 Å². The van der Waals surface area contributed by atoms with E-state index in [2.05, 4.69) is 5.32 Å². The van der Waals surface area contributed by atoms with Gasteiger partial charge < -0.3 is 9.88 Å². The highest BCUT2D eigenvalue weighted by atomic mass is 19.1. The first-order valence-electron chi connectivity index (χ1n) is 11.4. The average molecular weight is 467 g/mol. The maximum absolute atomic E-state index is 15.2. The zero-order chi connectivity index (χ0) is 24.4. The van der Waals surface area contributed by atoms with E-state index < -0.39 is 11.7 Å². The minimum Gasteiger partial charge on any atom is -0.371 e. The molecule has 1 aliphatic heterocycles. The SMILES string of the molecule is Cc1ccccc1-c1c2c(=O)n(C)c(=O)n(C)c2c2n1-c1ccccc1N[C@@H]2c1ccccc1F. The third-order valence-electron chi connectivity index (χ3n) is 6.94. The lowest BCUT2D eigenvalue weighted by molar-refractivity contribution is 0.599. The molecule has 0 radical (unpaired) electrons. The van der Waals surface area contributed by atoms with Gasteiger partial charge in [-0.2, -0.15) is 0 Å². The van der Waals surface area contributed by atoms with E-state index in [9.17, 15) is 9.59 Å². The first-order valence-corrected chi connectivity index (χ1v) is 11.4. The van der Waals surface area contributed by atoms with E-state index in [0.29, 0.717) is 27.9 Å². The predicted molar refractivity (Wildman–Crippen MR) is 136 cm³/mol. The van der Waals surface area contributed by atoms with Gasteiger partial charge >= 0.3 is 5.69 Å². The molecular formula is C28H23FN4O2. The molecule has 0 saturated carbocycles. The molecule has 35 heavy (non-hydrogen) atoms. The van der Waals surface area contributed by atoms with Crippen LogP contribution in [-0.4, -0.2) is 13.7 Å². The lowest BCUT2D eigenvalue weighted by Gasteiger charge is -2.31. The van der Waals surface area contributed by atoms with Crippen LogP contribution >= 0.6 is 0 Å². The maximum atomic E-state index is 15.2. The standard InChI is InChI=1S/C28H23FN4O2/c1-16-10-4-5-11-17(16)24-22-25(31(2)28(35)32(3)27(22)34)26-23(18-12-6-7-13-19(18)29)30-20-14-8-9-15-21(20)33(24)26/h4-15,23,30H,1-3H3/t23-/m1/s1. The first-order chi connectivity index (χ1) is 16.9. The zero-order valence-corrected chi connectivity index (χ0v) is 19.5. The average Bonchev–Trinajstić information content (AvgIpc) is 3.23. The van der Waals surface area contributed by atoms with E-state index in [1.807, 2.05) is 60.0 Å². The van der Waals surface area contributed by atoms with Gasteiger partial charge in [0, 0.05) is 25.2 Å². The molecule has 0 spiro atoms. The Labute approximate surface area is 200 Å².